The molecule has 0 amide bonds. The molecule has 0 N–H and O–H groups in total. The number of phosphoric ester groups is 1. The van der Waals surface area contributed by atoms with Crippen molar-refractivity contribution in [2.45, 2.75) is 122 Å². The lowest BCUT2D eigenvalue weighted by molar-refractivity contribution is -0.697. The van der Waals surface area contributed by atoms with Crippen molar-refractivity contribution in [2.75, 3.05) is 26.4 Å². The molecule has 2 atom stereocenters. The molecule has 0 aliphatic heterocycles. The van der Waals surface area contributed by atoms with Gasteiger partial charge in [0.15, 0.2) is 18.9 Å². The number of hydrogen-bond acceptors (Lipinski definition) is 8. The Morgan fingerprint density at radius 1 is 0.805 bits per heavy atom. The second-order valence-corrected chi connectivity index (χ2v) is 12.1. The molecule has 2 rings (SSSR count). The monoisotopic (exact) mass is 596 g/mol. The molecule has 0 spiro atoms. The fraction of sp³-hybridized carbons (Fsp3) is 0.742. The molecule has 2 aromatic heterocycles. The summed E-state index contributed by atoms with van der Waals surface area (Å²) in [4.78, 5) is 12.2. The highest BCUT2D eigenvalue weighted by Crippen LogP contribution is 2.38. The zero-order valence-corrected chi connectivity index (χ0v) is 26.1. The fourth-order valence-electron chi connectivity index (χ4n) is 4.57. The Morgan fingerprint density at radius 2 is 1.39 bits per heavy atom. The van der Waals surface area contributed by atoms with Crippen LogP contribution in [0, 0.1) is 0 Å². The van der Waals surface area contributed by atoms with Gasteiger partial charge in [-0.15, -0.1) is 0 Å². The number of unbranched alkanes of at least 4 members (excludes halogenated alkanes) is 15. The summed E-state index contributed by atoms with van der Waals surface area (Å²) >= 11 is 0. The Hall–Kier alpha value is -1.77. The molecule has 0 fully saturated rings. The first kappa shape index (κ1) is 35.4. The Balaban J connectivity index is 1.48. The molecule has 2 heterocycles. The third-order valence-electron chi connectivity index (χ3n) is 6.94. The summed E-state index contributed by atoms with van der Waals surface area (Å²) in [7, 11) is -4.49. The maximum absolute atomic E-state index is 12.2. The van der Waals surface area contributed by atoms with Gasteiger partial charge in [0.2, 0.25) is 0 Å². The van der Waals surface area contributed by atoms with Gasteiger partial charge in [-0.05, 0) is 11.6 Å². The standard InChI is InChI=1S/C31H53N2O7P/c1-2-3-4-5-6-7-8-9-10-11-12-13-14-15-16-20-25-36-28-30(40-31-21-26-37-32-31)29-39-41(34,35)38-27-24-33-22-18-17-19-23-33/h17-19,21-23,26,30H,2-16,20,24-25,27-29H2,1H3. The second kappa shape index (κ2) is 23.8. The largest absolute Gasteiger partial charge is 0.756 e. The van der Waals surface area contributed by atoms with Gasteiger partial charge in [0.25, 0.3) is 13.7 Å². The zero-order valence-electron chi connectivity index (χ0n) is 25.2. The van der Waals surface area contributed by atoms with E-state index >= 15 is 0 Å². The van der Waals surface area contributed by atoms with Gasteiger partial charge >= 0.3 is 0 Å². The highest BCUT2D eigenvalue weighted by atomic mass is 31.2. The molecule has 0 aromatic carbocycles. The van der Waals surface area contributed by atoms with E-state index in [9.17, 15) is 9.46 Å². The van der Waals surface area contributed by atoms with E-state index in [1.54, 1.807) is 6.07 Å². The van der Waals surface area contributed by atoms with Crippen LogP contribution in [0.15, 0.2) is 47.4 Å². The molecule has 0 radical (unpaired) electrons. The van der Waals surface area contributed by atoms with Crippen molar-refractivity contribution in [3.05, 3.63) is 42.9 Å². The van der Waals surface area contributed by atoms with E-state index in [1.807, 2.05) is 35.2 Å². The quantitative estimate of drug-likeness (QED) is 0.0577. The Labute approximate surface area is 247 Å². The van der Waals surface area contributed by atoms with Gasteiger partial charge in [-0.2, -0.15) is 0 Å². The molecule has 41 heavy (non-hydrogen) atoms. The lowest BCUT2D eigenvalue weighted by Gasteiger charge is -2.25. The van der Waals surface area contributed by atoms with Gasteiger partial charge in [0.1, 0.15) is 19.0 Å². The molecule has 0 saturated heterocycles. The predicted octanol–water partition coefficient (Wildman–Crippen LogP) is 7.19. The summed E-state index contributed by atoms with van der Waals surface area (Å²) in [6, 6.07) is 7.15. The molecule has 2 unspecified atom stereocenters. The topological polar surface area (TPSA) is 107 Å². The van der Waals surface area contributed by atoms with Crippen LogP contribution in [0.4, 0.5) is 0 Å². The normalized spacial score (nSPS) is 13.7. The van der Waals surface area contributed by atoms with Crippen LogP contribution in [0.3, 0.4) is 0 Å². The molecule has 9 nitrogen and oxygen atoms in total. The number of hydrogen-bond donors (Lipinski definition) is 0. The van der Waals surface area contributed by atoms with Crippen molar-refractivity contribution >= 4 is 7.82 Å². The number of rotatable bonds is 28. The van der Waals surface area contributed by atoms with Gasteiger partial charge in [-0.25, -0.2) is 4.57 Å². The van der Waals surface area contributed by atoms with Crippen molar-refractivity contribution in [3.63, 3.8) is 0 Å². The lowest BCUT2D eigenvalue weighted by atomic mass is 10.0. The average molecular weight is 597 g/mol. The smallest absolute Gasteiger partial charge is 0.268 e. The predicted molar refractivity (Wildman–Crippen MR) is 157 cm³/mol. The summed E-state index contributed by atoms with van der Waals surface area (Å²) in [6.07, 6.45) is 25.5. The minimum atomic E-state index is -4.49. The lowest BCUT2D eigenvalue weighted by Crippen LogP contribution is -2.35. The maximum Gasteiger partial charge on any atom is 0.268 e. The second-order valence-electron chi connectivity index (χ2n) is 10.6. The molecule has 0 bridgehead atoms. The summed E-state index contributed by atoms with van der Waals surface area (Å²) in [5.74, 6) is 0.242. The van der Waals surface area contributed by atoms with E-state index < -0.39 is 13.9 Å². The SMILES string of the molecule is CCCCCCCCCCCCCCCCCCOCC(COP(=O)([O-])OCC[n+]1ccccc1)Oc1ccon1. The van der Waals surface area contributed by atoms with Crippen LogP contribution in [-0.4, -0.2) is 37.7 Å². The molecule has 0 aliphatic rings. The first-order chi connectivity index (χ1) is 20.1. The van der Waals surface area contributed by atoms with E-state index in [1.165, 1.54) is 96.2 Å². The third kappa shape index (κ3) is 19.9. The van der Waals surface area contributed by atoms with Crippen molar-refractivity contribution in [1.29, 1.82) is 0 Å². The number of pyridine rings is 1. The Morgan fingerprint density at radius 3 is 1.95 bits per heavy atom. The van der Waals surface area contributed by atoms with Crippen LogP contribution in [-0.2, 0) is 24.9 Å². The van der Waals surface area contributed by atoms with Crippen molar-refractivity contribution in [3.8, 4) is 5.88 Å². The minimum Gasteiger partial charge on any atom is -0.756 e. The van der Waals surface area contributed by atoms with Gasteiger partial charge in [-0.1, -0.05) is 109 Å². The number of ether oxygens (including phenoxy) is 2. The van der Waals surface area contributed by atoms with Crippen LogP contribution in [0.1, 0.15) is 110 Å². The van der Waals surface area contributed by atoms with E-state index in [0.717, 1.165) is 12.8 Å². The first-order valence-electron chi connectivity index (χ1n) is 15.8. The maximum atomic E-state index is 12.2. The van der Waals surface area contributed by atoms with Crippen molar-refractivity contribution in [2.24, 2.45) is 0 Å². The van der Waals surface area contributed by atoms with E-state index in [2.05, 4.69) is 12.1 Å². The third-order valence-corrected chi connectivity index (χ3v) is 7.91. The molecular formula is C31H53N2O7P. The Kier molecular flexibility index (Phi) is 20.5. The van der Waals surface area contributed by atoms with Crippen LogP contribution in [0.5, 0.6) is 5.88 Å². The van der Waals surface area contributed by atoms with Crippen LogP contribution < -0.4 is 14.2 Å². The molecular weight excluding hydrogens is 543 g/mol. The fourth-order valence-corrected chi connectivity index (χ4v) is 5.30. The highest BCUT2D eigenvalue weighted by Gasteiger charge is 2.18. The zero-order chi connectivity index (χ0) is 29.3. The molecule has 2 aromatic rings. The average Bonchev–Trinajstić information content (AvgIpc) is 3.49. The van der Waals surface area contributed by atoms with E-state index in [4.69, 9.17) is 23.0 Å². The molecule has 234 valence electrons. The molecule has 0 saturated carbocycles. The van der Waals surface area contributed by atoms with Gasteiger partial charge in [0.05, 0.1) is 13.2 Å². The minimum absolute atomic E-state index is 0.0278. The summed E-state index contributed by atoms with van der Waals surface area (Å²) in [5, 5.41) is 3.72. The van der Waals surface area contributed by atoms with E-state index in [-0.39, 0.29) is 25.7 Å². The van der Waals surface area contributed by atoms with Gasteiger partial charge in [0, 0.05) is 24.8 Å². The van der Waals surface area contributed by atoms with Crippen LogP contribution >= 0.6 is 7.82 Å². The summed E-state index contributed by atoms with van der Waals surface area (Å²) in [5.41, 5.74) is 0. The summed E-state index contributed by atoms with van der Waals surface area (Å²) < 4.78 is 40.3. The van der Waals surface area contributed by atoms with Crippen molar-refractivity contribution in [1.82, 2.24) is 5.16 Å². The number of aromatic nitrogens is 2. The first-order valence-corrected chi connectivity index (χ1v) is 17.2. The van der Waals surface area contributed by atoms with Crippen LogP contribution in [0.25, 0.3) is 0 Å². The van der Waals surface area contributed by atoms with Gasteiger partial charge in [-0.3, -0.25) is 4.57 Å². The summed E-state index contributed by atoms with van der Waals surface area (Å²) in [6.45, 7) is 3.14. The Bertz CT molecular complexity index is 886. The van der Waals surface area contributed by atoms with Crippen molar-refractivity contribution < 1.29 is 37.1 Å². The van der Waals surface area contributed by atoms with E-state index in [0.29, 0.717) is 13.2 Å². The highest BCUT2D eigenvalue weighted by molar-refractivity contribution is 7.45. The molecule has 10 heteroatoms. The van der Waals surface area contributed by atoms with Crippen LogP contribution in [0.2, 0.25) is 0 Å². The molecule has 0 aliphatic carbocycles. The number of nitrogens with zero attached hydrogens (tertiary/aromatic N) is 2. The number of phosphoric acid groups is 1. The van der Waals surface area contributed by atoms with Gasteiger partial charge < -0.3 is 27.9 Å².